The summed E-state index contributed by atoms with van der Waals surface area (Å²) in [4.78, 5) is 3.90. The number of fused-ring (bicyclic) bond motifs is 1. The predicted molar refractivity (Wildman–Crippen MR) is 37.9 cm³/mol. The van der Waals surface area contributed by atoms with Crippen molar-refractivity contribution in [2.45, 2.75) is 31.7 Å². The average molecular weight is 173 g/mol. The molecule has 1 aliphatic heterocycles. The highest BCUT2D eigenvalue weighted by atomic mass is 19.3. The standard InChI is InChI=1S/C7H9F2N3/c8-7(9)2-1-6-10-5-11-12(6)4-3-7/h5H,1-4H2. The molecule has 0 bridgehead atoms. The summed E-state index contributed by atoms with van der Waals surface area (Å²) in [5, 5.41) is 3.85. The molecule has 66 valence electrons. The van der Waals surface area contributed by atoms with Crippen LogP contribution >= 0.6 is 0 Å². The van der Waals surface area contributed by atoms with E-state index in [0.717, 1.165) is 0 Å². The lowest BCUT2D eigenvalue weighted by Crippen LogP contribution is -2.16. The number of alkyl halides is 2. The Bertz CT molecular complexity index is 257. The van der Waals surface area contributed by atoms with E-state index < -0.39 is 5.92 Å². The second-order valence-corrected chi connectivity index (χ2v) is 3.01. The van der Waals surface area contributed by atoms with Crippen molar-refractivity contribution in [3.63, 3.8) is 0 Å². The summed E-state index contributed by atoms with van der Waals surface area (Å²) in [6.45, 7) is 0.280. The molecule has 0 unspecified atom stereocenters. The Morgan fingerprint density at radius 3 is 3.08 bits per heavy atom. The molecule has 1 aromatic rings. The van der Waals surface area contributed by atoms with Gasteiger partial charge >= 0.3 is 0 Å². The van der Waals surface area contributed by atoms with Gasteiger partial charge in [0.25, 0.3) is 0 Å². The SMILES string of the molecule is FC1(F)CCc2ncnn2CC1. The van der Waals surface area contributed by atoms with Gasteiger partial charge in [-0.2, -0.15) is 5.10 Å². The van der Waals surface area contributed by atoms with E-state index in [-0.39, 0.29) is 19.4 Å². The minimum Gasteiger partial charge on any atom is -0.250 e. The van der Waals surface area contributed by atoms with Crippen LogP contribution in [0.4, 0.5) is 8.78 Å². The van der Waals surface area contributed by atoms with E-state index in [2.05, 4.69) is 10.1 Å². The number of nitrogens with zero attached hydrogens (tertiary/aromatic N) is 3. The summed E-state index contributed by atoms with van der Waals surface area (Å²) in [6, 6.07) is 0. The molecule has 0 saturated carbocycles. The molecule has 2 rings (SSSR count). The maximum atomic E-state index is 12.8. The molecule has 0 saturated heterocycles. The lowest BCUT2D eigenvalue weighted by atomic mass is 10.1. The van der Waals surface area contributed by atoms with Gasteiger partial charge in [-0.3, -0.25) is 0 Å². The molecule has 0 spiro atoms. The molecular formula is C7H9F2N3. The molecule has 5 heteroatoms. The van der Waals surface area contributed by atoms with E-state index in [0.29, 0.717) is 12.2 Å². The lowest BCUT2D eigenvalue weighted by molar-refractivity contribution is -0.0158. The third-order valence-electron chi connectivity index (χ3n) is 2.10. The summed E-state index contributed by atoms with van der Waals surface area (Å²) in [5.41, 5.74) is 0. The van der Waals surface area contributed by atoms with Crippen LogP contribution in [-0.2, 0) is 13.0 Å². The highest BCUT2D eigenvalue weighted by Crippen LogP contribution is 2.27. The molecule has 12 heavy (non-hydrogen) atoms. The van der Waals surface area contributed by atoms with E-state index in [1.807, 2.05) is 0 Å². The molecule has 0 aliphatic carbocycles. The first-order valence-electron chi connectivity index (χ1n) is 3.92. The highest BCUT2D eigenvalue weighted by Gasteiger charge is 2.31. The topological polar surface area (TPSA) is 30.7 Å². The van der Waals surface area contributed by atoms with Crippen molar-refractivity contribution in [2.75, 3.05) is 0 Å². The Balaban J connectivity index is 2.21. The summed E-state index contributed by atoms with van der Waals surface area (Å²) in [7, 11) is 0. The van der Waals surface area contributed by atoms with Gasteiger partial charge in [-0.1, -0.05) is 0 Å². The van der Waals surface area contributed by atoms with Crippen LogP contribution in [0.25, 0.3) is 0 Å². The van der Waals surface area contributed by atoms with Crippen molar-refractivity contribution in [1.29, 1.82) is 0 Å². The largest absolute Gasteiger partial charge is 0.250 e. The van der Waals surface area contributed by atoms with Crippen molar-refractivity contribution in [2.24, 2.45) is 0 Å². The van der Waals surface area contributed by atoms with Gasteiger partial charge in [0.2, 0.25) is 5.92 Å². The van der Waals surface area contributed by atoms with Crippen LogP contribution in [0, 0.1) is 0 Å². The Morgan fingerprint density at radius 1 is 1.42 bits per heavy atom. The van der Waals surface area contributed by atoms with Gasteiger partial charge in [0.05, 0.1) is 0 Å². The quantitative estimate of drug-likeness (QED) is 0.591. The zero-order valence-corrected chi connectivity index (χ0v) is 6.50. The van der Waals surface area contributed by atoms with Crippen LogP contribution in [-0.4, -0.2) is 20.7 Å². The van der Waals surface area contributed by atoms with E-state index in [4.69, 9.17) is 0 Å². The van der Waals surface area contributed by atoms with Gasteiger partial charge in [-0.25, -0.2) is 18.4 Å². The van der Waals surface area contributed by atoms with Crippen molar-refractivity contribution >= 4 is 0 Å². The van der Waals surface area contributed by atoms with Gasteiger partial charge < -0.3 is 0 Å². The molecule has 2 heterocycles. The molecule has 1 aliphatic rings. The van der Waals surface area contributed by atoms with Crippen LogP contribution < -0.4 is 0 Å². The van der Waals surface area contributed by atoms with Crippen molar-refractivity contribution in [3.8, 4) is 0 Å². The van der Waals surface area contributed by atoms with Crippen molar-refractivity contribution in [1.82, 2.24) is 14.8 Å². The first-order chi connectivity index (χ1) is 5.67. The van der Waals surface area contributed by atoms with Crippen LogP contribution in [0.1, 0.15) is 18.7 Å². The minimum atomic E-state index is -2.54. The van der Waals surface area contributed by atoms with Gasteiger partial charge in [0.15, 0.2) is 0 Å². The van der Waals surface area contributed by atoms with Gasteiger partial charge in [0, 0.05) is 25.8 Å². The lowest BCUT2D eigenvalue weighted by Gasteiger charge is -2.10. The molecule has 1 aromatic heterocycles. The van der Waals surface area contributed by atoms with Gasteiger partial charge in [0.1, 0.15) is 12.2 Å². The second-order valence-electron chi connectivity index (χ2n) is 3.01. The zero-order valence-electron chi connectivity index (χ0n) is 6.50. The summed E-state index contributed by atoms with van der Waals surface area (Å²) in [5.74, 6) is -1.87. The molecule has 0 atom stereocenters. The fraction of sp³-hybridized carbons (Fsp3) is 0.714. The molecular weight excluding hydrogens is 164 g/mol. The van der Waals surface area contributed by atoms with Crippen LogP contribution in [0.15, 0.2) is 6.33 Å². The number of hydrogen-bond donors (Lipinski definition) is 0. The monoisotopic (exact) mass is 173 g/mol. The van der Waals surface area contributed by atoms with Crippen molar-refractivity contribution < 1.29 is 8.78 Å². The molecule has 0 fully saturated rings. The van der Waals surface area contributed by atoms with Gasteiger partial charge in [-0.05, 0) is 0 Å². The van der Waals surface area contributed by atoms with E-state index in [1.54, 1.807) is 4.68 Å². The molecule has 0 radical (unpaired) electrons. The first-order valence-corrected chi connectivity index (χ1v) is 3.92. The number of halogens is 2. The number of hydrogen-bond acceptors (Lipinski definition) is 2. The zero-order chi connectivity index (χ0) is 8.60. The number of rotatable bonds is 0. The summed E-state index contributed by atoms with van der Waals surface area (Å²) >= 11 is 0. The normalized spacial score (nSPS) is 21.5. The third kappa shape index (κ3) is 1.31. The van der Waals surface area contributed by atoms with Crippen molar-refractivity contribution in [3.05, 3.63) is 12.2 Å². The fourth-order valence-electron chi connectivity index (χ4n) is 1.36. The van der Waals surface area contributed by atoms with E-state index in [1.165, 1.54) is 6.33 Å². The Hall–Kier alpha value is -1.00. The van der Waals surface area contributed by atoms with Crippen LogP contribution in [0.3, 0.4) is 0 Å². The maximum absolute atomic E-state index is 12.8. The Labute approximate surface area is 68.4 Å². The van der Waals surface area contributed by atoms with Gasteiger partial charge in [-0.15, -0.1) is 0 Å². The molecule has 3 nitrogen and oxygen atoms in total. The average Bonchev–Trinajstić information content (AvgIpc) is 2.40. The molecule has 0 aromatic carbocycles. The number of aromatic nitrogens is 3. The Kier molecular flexibility index (Phi) is 1.59. The van der Waals surface area contributed by atoms with E-state index in [9.17, 15) is 8.78 Å². The highest BCUT2D eigenvalue weighted by molar-refractivity contribution is 4.90. The third-order valence-corrected chi connectivity index (χ3v) is 2.10. The predicted octanol–water partition coefficient (Wildman–Crippen LogP) is 1.25. The van der Waals surface area contributed by atoms with Crippen LogP contribution in [0.5, 0.6) is 0 Å². The molecule has 0 N–H and O–H groups in total. The molecule has 0 amide bonds. The number of aryl methyl sites for hydroxylation is 2. The smallest absolute Gasteiger partial charge is 0.250 e. The van der Waals surface area contributed by atoms with E-state index >= 15 is 0 Å². The first kappa shape index (κ1) is 7.64. The maximum Gasteiger partial charge on any atom is 0.250 e. The summed E-state index contributed by atoms with van der Waals surface area (Å²) < 4.78 is 27.2. The fourth-order valence-corrected chi connectivity index (χ4v) is 1.36. The summed E-state index contributed by atoms with van der Waals surface area (Å²) in [6.07, 6.45) is 1.51. The minimum absolute atomic E-state index is 0.105. The van der Waals surface area contributed by atoms with Crippen LogP contribution in [0.2, 0.25) is 0 Å². The Morgan fingerprint density at radius 2 is 2.25 bits per heavy atom. The second kappa shape index (κ2) is 2.50.